The molecule has 0 fully saturated rings. The van der Waals surface area contributed by atoms with Crippen LogP contribution in [0, 0.1) is 0 Å². The van der Waals surface area contributed by atoms with Crippen LogP contribution in [0.4, 0.5) is 11.6 Å². The number of azo groups is 2. The maximum Gasteiger partial charge on any atom is 0.350 e. The van der Waals surface area contributed by atoms with Gasteiger partial charge < -0.3 is 19.3 Å². The number of rotatable bonds is 10. The number of aromatic nitrogens is 4. The molecule has 2 N–H and O–H groups in total. The normalized spacial score (nSPS) is 13.5. The van der Waals surface area contributed by atoms with Gasteiger partial charge in [0.2, 0.25) is 0 Å². The third-order valence-corrected chi connectivity index (χ3v) is 6.16. The Balaban J connectivity index is 1.57. The first-order chi connectivity index (χ1) is 21.5. The fourth-order valence-electron chi connectivity index (χ4n) is 3.94. The summed E-state index contributed by atoms with van der Waals surface area (Å²) in [5, 5.41) is 53.0. The molecular weight excluding hydrogens is 560 g/mol. The van der Waals surface area contributed by atoms with E-state index in [1.165, 1.54) is 0 Å². The van der Waals surface area contributed by atoms with Crippen LogP contribution in [-0.2, 0) is 26.7 Å². The predicted molar refractivity (Wildman–Crippen MR) is 163 cm³/mol. The van der Waals surface area contributed by atoms with Crippen molar-refractivity contribution in [2.75, 3.05) is 13.2 Å². The largest absolute Gasteiger partial charge is 0.395 e. The van der Waals surface area contributed by atoms with Crippen molar-refractivity contribution in [1.29, 1.82) is 0 Å². The van der Waals surface area contributed by atoms with E-state index in [2.05, 4.69) is 40.9 Å². The quantitative estimate of drug-likeness (QED) is 0.0949. The number of hydrogen-bond donors (Lipinski definition) is 2. The van der Waals surface area contributed by atoms with E-state index < -0.39 is 0 Å². The molecule has 226 valence electrons. The molecule has 14 heteroatoms. The fourth-order valence-corrected chi connectivity index (χ4v) is 3.94. The van der Waals surface area contributed by atoms with Gasteiger partial charge in [0.15, 0.2) is 22.6 Å². The Labute approximate surface area is 254 Å². The van der Waals surface area contributed by atoms with Crippen molar-refractivity contribution < 1.29 is 19.3 Å². The summed E-state index contributed by atoms with van der Waals surface area (Å²) in [6.07, 6.45) is 7.48. The van der Waals surface area contributed by atoms with Gasteiger partial charge in [0.05, 0.1) is 42.9 Å². The summed E-state index contributed by atoms with van der Waals surface area (Å²) < 4.78 is 7.40. The highest BCUT2D eigenvalue weighted by Crippen LogP contribution is 2.05. The van der Waals surface area contributed by atoms with Crippen LogP contribution < -0.4 is 20.1 Å². The van der Waals surface area contributed by atoms with Gasteiger partial charge in [-0.05, 0) is 52.2 Å². The molecule has 14 nitrogen and oxygen atoms in total. The van der Waals surface area contributed by atoms with E-state index in [9.17, 15) is 10.2 Å². The van der Waals surface area contributed by atoms with Crippen molar-refractivity contribution in [3.8, 4) is 0 Å². The fraction of sp³-hybridized carbons (Fsp3) is 0.267. The van der Waals surface area contributed by atoms with E-state index in [-0.39, 0.29) is 13.2 Å². The van der Waals surface area contributed by atoms with Crippen molar-refractivity contribution >= 4 is 23.3 Å². The van der Waals surface area contributed by atoms with Gasteiger partial charge in [0.1, 0.15) is 6.54 Å². The van der Waals surface area contributed by atoms with Gasteiger partial charge in [-0.1, -0.05) is 18.2 Å². The highest BCUT2D eigenvalue weighted by atomic mass is 16.3. The first-order valence-corrected chi connectivity index (χ1v) is 14.0. The van der Waals surface area contributed by atoms with Crippen LogP contribution in [0.1, 0.15) is 19.4 Å². The Bertz CT molecular complexity index is 1820. The lowest BCUT2D eigenvalue weighted by molar-refractivity contribution is -0.685. The Morgan fingerprint density at radius 1 is 0.727 bits per heavy atom. The molecule has 0 bridgehead atoms. The molecular formula is C30H36N12O2+2. The molecule has 4 heterocycles. The van der Waals surface area contributed by atoms with E-state index in [1.807, 2.05) is 102 Å². The van der Waals surface area contributed by atoms with E-state index >= 15 is 0 Å². The van der Waals surface area contributed by atoms with Gasteiger partial charge in [-0.25, -0.2) is 9.13 Å². The van der Waals surface area contributed by atoms with Gasteiger partial charge in [-0.2, -0.15) is 0 Å². The van der Waals surface area contributed by atoms with Gasteiger partial charge >= 0.3 is 11.6 Å². The third-order valence-electron chi connectivity index (χ3n) is 6.16. The molecule has 0 radical (unpaired) electrons. The molecule has 0 amide bonds. The molecule has 0 saturated heterocycles. The maximum absolute atomic E-state index is 9.57. The smallest absolute Gasteiger partial charge is 0.350 e. The summed E-state index contributed by atoms with van der Waals surface area (Å²) in [6.45, 7) is 4.61. The SMILES string of the molecule is CC(/N=N/c1cccc[n+]1C)=N\N=c1/ccccn1Cc1ccn(CCO)/c(=N/N=C(C)/N=N/c2cccc[n+]2CCO)c1. The lowest BCUT2D eigenvalue weighted by Crippen LogP contribution is -2.35. The molecule has 4 rings (SSSR count). The minimum atomic E-state index is -0.0541. The number of nitrogens with zero attached hydrogens (tertiary/aromatic N) is 12. The summed E-state index contributed by atoms with van der Waals surface area (Å²) >= 11 is 0. The van der Waals surface area contributed by atoms with Crippen LogP contribution in [0.5, 0.6) is 0 Å². The molecule has 0 atom stereocenters. The summed E-state index contributed by atoms with van der Waals surface area (Å²) in [7, 11) is 1.89. The monoisotopic (exact) mass is 596 g/mol. The summed E-state index contributed by atoms with van der Waals surface area (Å²) in [4.78, 5) is 0. The van der Waals surface area contributed by atoms with Gasteiger partial charge in [-0.3, -0.25) is 0 Å². The number of aliphatic hydroxyl groups excluding tert-OH is 2. The highest BCUT2D eigenvalue weighted by molar-refractivity contribution is 5.80. The van der Waals surface area contributed by atoms with Crippen LogP contribution >= 0.6 is 0 Å². The Morgan fingerprint density at radius 2 is 1.41 bits per heavy atom. The molecule has 0 aliphatic carbocycles. The molecule has 4 aromatic heterocycles. The number of pyridine rings is 4. The molecule has 44 heavy (non-hydrogen) atoms. The molecule has 0 aliphatic heterocycles. The van der Waals surface area contributed by atoms with E-state index in [0.717, 1.165) is 5.56 Å². The zero-order valence-corrected chi connectivity index (χ0v) is 25.0. The lowest BCUT2D eigenvalue weighted by atomic mass is 10.2. The van der Waals surface area contributed by atoms with Crippen molar-refractivity contribution in [3.63, 3.8) is 0 Å². The first kappa shape index (κ1) is 31.6. The highest BCUT2D eigenvalue weighted by Gasteiger charge is 2.08. The second kappa shape index (κ2) is 16.3. The van der Waals surface area contributed by atoms with Crippen molar-refractivity contribution in [1.82, 2.24) is 9.13 Å². The van der Waals surface area contributed by atoms with Gasteiger partial charge in [-0.15, -0.1) is 20.4 Å². The van der Waals surface area contributed by atoms with Crippen LogP contribution in [-0.4, -0.2) is 44.2 Å². The molecule has 0 aromatic carbocycles. The molecule has 0 aliphatic rings. The average Bonchev–Trinajstić information content (AvgIpc) is 3.03. The standard InChI is InChI=1S/C30H36N12O2/c1-24(31-35-27-10-4-7-14-39(27)3)33-37-29-12-6-9-16-42(29)23-26-13-17-41(19-21-44)30(22-26)38-34-25(2)32-36-28-11-5-8-15-40(28)18-20-43/h4-17,22,43-44H,18-21,23H2,1-3H3/q+2. The van der Waals surface area contributed by atoms with Crippen LogP contribution in [0.25, 0.3) is 0 Å². The van der Waals surface area contributed by atoms with E-state index in [4.69, 9.17) is 0 Å². The van der Waals surface area contributed by atoms with Crippen LogP contribution in [0.3, 0.4) is 0 Å². The number of hydrogen-bond acceptors (Lipinski definition) is 8. The van der Waals surface area contributed by atoms with Crippen molar-refractivity contribution in [2.45, 2.75) is 33.5 Å². The van der Waals surface area contributed by atoms with E-state index in [0.29, 0.717) is 53.9 Å². The number of aliphatic hydroxyl groups is 2. The van der Waals surface area contributed by atoms with E-state index in [1.54, 1.807) is 29.0 Å². The van der Waals surface area contributed by atoms with Gasteiger partial charge in [0, 0.05) is 51.5 Å². The molecule has 0 spiro atoms. The molecule has 0 saturated carbocycles. The average molecular weight is 597 g/mol. The zero-order valence-electron chi connectivity index (χ0n) is 25.0. The first-order valence-electron chi connectivity index (χ1n) is 14.0. The molecule has 0 unspecified atom stereocenters. The topological polar surface area (TPSA) is 157 Å². The second-order valence-corrected chi connectivity index (χ2v) is 9.54. The number of amidine groups is 2. The summed E-state index contributed by atoms with van der Waals surface area (Å²) in [5.41, 5.74) is 2.11. The minimum absolute atomic E-state index is 0.00958. The Kier molecular flexibility index (Phi) is 11.7. The maximum atomic E-state index is 9.57. The lowest BCUT2D eigenvalue weighted by Gasteiger charge is -2.10. The van der Waals surface area contributed by atoms with Gasteiger partial charge in [0.25, 0.3) is 0 Å². The third kappa shape index (κ3) is 9.34. The predicted octanol–water partition coefficient (Wildman–Crippen LogP) is 2.47. The van der Waals surface area contributed by atoms with Crippen molar-refractivity contribution in [2.24, 2.45) is 47.9 Å². The van der Waals surface area contributed by atoms with Crippen LogP contribution in [0.15, 0.2) is 132 Å². The summed E-state index contributed by atoms with van der Waals surface area (Å²) in [5.74, 6) is 2.04. The minimum Gasteiger partial charge on any atom is -0.395 e. The Morgan fingerprint density at radius 3 is 2.14 bits per heavy atom. The summed E-state index contributed by atoms with van der Waals surface area (Å²) in [6, 6.07) is 20.7. The second-order valence-electron chi connectivity index (χ2n) is 9.54. The Hall–Kier alpha value is -5.34. The van der Waals surface area contributed by atoms with Crippen molar-refractivity contribution in [3.05, 3.63) is 108 Å². The molecule has 4 aromatic rings. The zero-order chi connectivity index (χ0) is 31.1. The van der Waals surface area contributed by atoms with Crippen LogP contribution in [0.2, 0.25) is 0 Å². The number of aryl methyl sites for hydroxylation is 1.